The molecule has 0 heterocycles. The van der Waals surface area contributed by atoms with Crippen LogP contribution >= 0.6 is 15.9 Å². The minimum Gasteiger partial charge on any atom is -0.399 e. The van der Waals surface area contributed by atoms with Gasteiger partial charge >= 0.3 is 0 Å². The van der Waals surface area contributed by atoms with Gasteiger partial charge in [0.1, 0.15) is 0 Å². The second kappa shape index (κ2) is 22.0. The van der Waals surface area contributed by atoms with Crippen LogP contribution in [0.25, 0.3) is 0 Å². The first-order valence-electron chi connectivity index (χ1n) is 18.7. The van der Waals surface area contributed by atoms with Crippen molar-refractivity contribution < 1.29 is 10.2 Å². The zero-order valence-corrected chi connectivity index (χ0v) is 34.7. The third-order valence-electron chi connectivity index (χ3n) is 9.22. The Hall–Kier alpha value is -4.76. The predicted octanol–water partition coefficient (Wildman–Crippen LogP) is 10.7. The number of anilines is 3. The molecule has 0 saturated carbocycles. The lowest BCUT2D eigenvalue weighted by Gasteiger charge is -2.21. The highest BCUT2D eigenvalue weighted by molar-refractivity contribution is 9.10. The van der Waals surface area contributed by atoms with E-state index in [1.165, 1.54) is 27.8 Å². The number of benzene rings is 6. The van der Waals surface area contributed by atoms with Crippen molar-refractivity contribution in [1.29, 1.82) is 0 Å². The molecule has 2 unspecified atom stereocenters. The molecule has 288 valence electrons. The van der Waals surface area contributed by atoms with Crippen molar-refractivity contribution in [3.8, 4) is 0 Å². The minimum atomic E-state index is -0.471. The third-order valence-corrected chi connectivity index (χ3v) is 9.75. The number of hydrogen-bond donors (Lipinski definition) is 4. The van der Waals surface area contributed by atoms with Crippen LogP contribution < -0.4 is 11.1 Å². The molecule has 0 aliphatic carbocycles. The van der Waals surface area contributed by atoms with Crippen LogP contribution in [0.1, 0.15) is 56.7 Å². The maximum atomic E-state index is 10.4. The molecule has 6 aromatic rings. The van der Waals surface area contributed by atoms with Crippen molar-refractivity contribution >= 4 is 33.0 Å². The SMILES string of the molecule is CN(Cc1ccc(Br)cc1)CC(O)c1ccccc1.Cc1ccc(C)c(N)c1.Cc1ccc(C)c(Nc2ccc(CN(C)CC(O)c3ccccc3)cc2)c1. The molecule has 0 bridgehead atoms. The Morgan fingerprint density at radius 2 is 1.00 bits per heavy atom. The normalized spacial score (nSPS) is 11.9. The molecular weight excluding hydrogens is 744 g/mol. The zero-order chi connectivity index (χ0) is 39.7. The third kappa shape index (κ3) is 15.1. The second-order valence-corrected chi connectivity index (χ2v) is 15.3. The monoisotopic (exact) mass is 800 g/mol. The smallest absolute Gasteiger partial charge is 0.0916 e. The van der Waals surface area contributed by atoms with Gasteiger partial charge in [-0.2, -0.15) is 0 Å². The second-order valence-electron chi connectivity index (χ2n) is 14.4. The molecule has 55 heavy (non-hydrogen) atoms. The lowest BCUT2D eigenvalue weighted by molar-refractivity contribution is 0.123. The van der Waals surface area contributed by atoms with E-state index in [4.69, 9.17) is 5.73 Å². The average molecular weight is 802 g/mol. The number of nitrogens with two attached hydrogens (primary N) is 1. The fraction of sp³-hybridized carbons (Fsp3) is 0.250. The van der Waals surface area contributed by atoms with Gasteiger partial charge in [0.25, 0.3) is 0 Å². The molecule has 0 aromatic heterocycles. The summed E-state index contributed by atoms with van der Waals surface area (Å²) in [5, 5.41) is 24.0. The van der Waals surface area contributed by atoms with E-state index in [-0.39, 0.29) is 0 Å². The Morgan fingerprint density at radius 1 is 0.564 bits per heavy atom. The summed E-state index contributed by atoms with van der Waals surface area (Å²) >= 11 is 3.43. The summed E-state index contributed by atoms with van der Waals surface area (Å²) in [6, 6.07) is 48.9. The molecule has 0 aliphatic rings. The van der Waals surface area contributed by atoms with Gasteiger partial charge in [0.15, 0.2) is 0 Å². The number of aliphatic hydroxyl groups is 2. The highest BCUT2D eigenvalue weighted by atomic mass is 79.9. The number of nitrogens with zero attached hydrogens (tertiary/aromatic N) is 2. The predicted molar refractivity (Wildman–Crippen MR) is 236 cm³/mol. The van der Waals surface area contributed by atoms with Gasteiger partial charge in [-0.15, -0.1) is 0 Å². The van der Waals surface area contributed by atoms with Gasteiger partial charge in [-0.25, -0.2) is 0 Å². The van der Waals surface area contributed by atoms with E-state index >= 15 is 0 Å². The molecule has 6 nitrogen and oxygen atoms in total. The van der Waals surface area contributed by atoms with E-state index in [1.807, 2.05) is 113 Å². The lowest BCUT2D eigenvalue weighted by atomic mass is 10.1. The van der Waals surface area contributed by atoms with Crippen LogP contribution in [0.2, 0.25) is 0 Å². The van der Waals surface area contributed by atoms with Gasteiger partial charge in [0.05, 0.1) is 12.2 Å². The Balaban J connectivity index is 0.000000207. The molecule has 6 rings (SSSR count). The molecule has 0 saturated heterocycles. The Labute approximate surface area is 337 Å². The van der Waals surface area contributed by atoms with E-state index in [0.717, 1.165) is 51.3 Å². The van der Waals surface area contributed by atoms with Gasteiger partial charge in [-0.1, -0.05) is 125 Å². The van der Waals surface area contributed by atoms with Gasteiger partial charge in [0, 0.05) is 47.7 Å². The summed E-state index contributed by atoms with van der Waals surface area (Å²) in [5.74, 6) is 0. The molecule has 2 atom stereocenters. The topological polar surface area (TPSA) is 85.0 Å². The molecular formula is C48H57BrN4O2. The van der Waals surface area contributed by atoms with Crippen molar-refractivity contribution in [2.24, 2.45) is 0 Å². The molecule has 0 spiro atoms. The summed E-state index contributed by atoms with van der Waals surface area (Å²) in [4.78, 5) is 4.27. The van der Waals surface area contributed by atoms with Gasteiger partial charge < -0.3 is 21.3 Å². The first-order chi connectivity index (χ1) is 26.4. The van der Waals surface area contributed by atoms with E-state index in [1.54, 1.807) is 0 Å². The highest BCUT2D eigenvalue weighted by Crippen LogP contribution is 2.23. The Morgan fingerprint density at radius 3 is 1.45 bits per heavy atom. The largest absolute Gasteiger partial charge is 0.399 e. The molecule has 5 N–H and O–H groups in total. The number of likely N-dealkylation sites (N-methyl/N-ethyl adjacent to an activating group) is 2. The van der Waals surface area contributed by atoms with Gasteiger partial charge in [0.2, 0.25) is 0 Å². The van der Waals surface area contributed by atoms with Gasteiger partial charge in [-0.3, -0.25) is 9.80 Å². The number of nitrogen functional groups attached to an aromatic ring is 1. The molecule has 7 heteroatoms. The van der Waals surface area contributed by atoms with Crippen LogP contribution in [0.5, 0.6) is 0 Å². The van der Waals surface area contributed by atoms with E-state index < -0.39 is 12.2 Å². The maximum Gasteiger partial charge on any atom is 0.0916 e. The average Bonchev–Trinajstić information content (AvgIpc) is 3.17. The Kier molecular flexibility index (Phi) is 17.2. The van der Waals surface area contributed by atoms with Crippen molar-refractivity contribution in [3.63, 3.8) is 0 Å². The van der Waals surface area contributed by atoms with Crippen molar-refractivity contribution in [1.82, 2.24) is 9.80 Å². The van der Waals surface area contributed by atoms with Crippen molar-refractivity contribution in [3.05, 3.63) is 195 Å². The quantitative estimate of drug-likeness (QED) is 0.0923. The molecule has 0 amide bonds. The zero-order valence-electron chi connectivity index (χ0n) is 33.1. The fourth-order valence-electron chi connectivity index (χ4n) is 5.97. The van der Waals surface area contributed by atoms with E-state index in [0.29, 0.717) is 13.1 Å². The number of aryl methyl sites for hydroxylation is 4. The molecule has 0 fully saturated rings. The minimum absolute atomic E-state index is 0.443. The first kappa shape index (κ1) is 43.0. The van der Waals surface area contributed by atoms with Gasteiger partial charge in [-0.05, 0) is 123 Å². The standard InChI is InChI=1S/C24H28N2O.C16H18BrNO.C8H11N/c1-18-9-10-19(2)23(15-18)25-22-13-11-20(12-14-22)16-26(3)17-24(27)21-7-5-4-6-8-21;1-18(11-13-7-9-15(17)10-8-13)12-16(19)14-5-3-2-4-6-14;1-6-3-4-7(2)8(9)5-6/h4-15,24-25,27H,16-17H2,1-3H3;2-10,16,19H,11-12H2,1H3;3-5H,9H2,1-2H3. The van der Waals surface area contributed by atoms with Crippen LogP contribution in [-0.2, 0) is 13.1 Å². The summed E-state index contributed by atoms with van der Waals surface area (Å²) < 4.78 is 1.09. The van der Waals surface area contributed by atoms with Crippen molar-refractivity contribution in [2.75, 3.05) is 38.2 Å². The summed E-state index contributed by atoms with van der Waals surface area (Å²) in [7, 11) is 4.06. The van der Waals surface area contributed by atoms with Crippen LogP contribution in [-0.4, -0.2) is 47.2 Å². The van der Waals surface area contributed by atoms with Crippen LogP contribution in [0, 0.1) is 27.7 Å². The Bertz CT molecular complexity index is 2010. The number of nitrogens with one attached hydrogen (secondary N) is 1. The number of aliphatic hydroxyl groups excluding tert-OH is 2. The molecule has 6 aromatic carbocycles. The lowest BCUT2D eigenvalue weighted by Crippen LogP contribution is -2.24. The number of halogens is 1. The summed E-state index contributed by atoms with van der Waals surface area (Å²) in [6.45, 7) is 11.1. The number of hydrogen-bond acceptors (Lipinski definition) is 6. The number of rotatable bonds is 12. The molecule has 0 radical (unpaired) electrons. The molecule has 0 aliphatic heterocycles. The van der Waals surface area contributed by atoms with Crippen LogP contribution in [0.15, 0.2) is 150 Å². The van der Waals surface area contributed by atoms with Crippen LogP contribution in [0.3, 0.4) is 0 Å². The van der Waals surface area contributed by atoms with E-state index in [9.17, 15) is 10.2 Å². The summed E-state index contributed by atoms with van der Waals surface area (Å²) in [6.07, 6.45) is -0.914. The van der Waals surface area contributed by atoms with Crippen molar-refractivity contribution in [2.45, 2.75) is 53.0 Å². The highest BCUT2D eigenvalue weighted by Gasteiger charge is 2.12. The van der Waals surface area contributed by atoms with Crippen LogP contribution in [0.4, 0.5) is 17.1 Å². The summed E-state index contributed by atoms with van der Waals surface area (Å²) in [5.41, 5.74) is 18.0. The maximum absolute atomic E-state index is 10.4. The fourth-order valence-corrected chi connectivity index (χ4v) is 6.24. The first-order valence-corrected chi connectivity index (χ1v) is 19.5. The van der Waals surface area contributed by atoms with E-state index in [2.05, 4.69) is 106 Å².